The molecule has 0 unspecified atom stereocenters. The Morgan fingerprint density at radius 1 is 0.917 bits per heavy atom. The number of ether oxygens (including phenoxy) is 2. The van der Waals surface area contributed by atoms with Gasteiger partial charge in [-0.2, -0.15) is 0 Å². The Hall–Kier alpha value is -2.17. The van der Waals surface area contributed by atoms with Gasteiger partial charge in [-0.1, -0.05) is 54.6 Å². The molecule has 0 heterocycles. The highest BCUT2D eigenvalue weighted by atomic mass is 16.5. The van der Waals surface area contributed by atoms with Gasteiger partial charge >= 0.3 is 0 Å². The summed E-state index contributed by atoms with van der Waals surface area (Å²) in [4.78, 5) is 13.7. The topological polar surface area (TPSA) is 38.8 Å². The summed E-state index contributed by atoms with van der Waals surface area (Å²) in [5.41, 5.74) is 3.46. The summed E-state index contributed by atoms with van der Waals surface area (Å²) in [6.07, 6.45) is 0. The molecule has 0 aliphatic rings. The molecular formula is C20H25NO3. The molecule has 24 heavy (non-hydrogen) atoms. The molecule has 0 saturated carbocycles. The van der Waals surface area contributed by atoms with E-state index in [9.17, 15) is 4.79 Å². The van der Waals surface area contributed by atoms with Crippen molar-refractivity contribution < 1.29 is 14.3 Å². The molecule has 0 bridgehead atoms. The summed E-state index contributed by atoms with van der Waals surface area (Å²) in [6.45, 7) is 4.22. The zero-order valence-corrected chi connectivity index (χ0v) is 14.4. The maximum atomic E-state index is 12.0. The van der Waals surface area contributed by atoms with E-state index < -0.39 is 0 Å². The molecule has 2 aromatic carbocycles. The average Bonchev–Trinajstić information content (AvgIpc) is 2.62. The molecule has 0 spiro atoms. The van der Waals surface area contributed by atoms with E-state index in [4.69, 9.17) is 9.47 Å². The van der Waals surface area contributed by atoms with Crippen molar-refractivity contribution in [3.63, 3.8) is 0 Å². The molecule has 0 aliphatic carbocycles. The van der Waals surface area contributed by atoms with Crippen molar-refractivity contribution in [2.24, 2.45) is 0 Å². The minimum absolute atomic E-state index is 0.0290. The van der Waals surface area contributed by atoms with Gasteiger partial charge in [0.25, 0.3) is 0 Å². The molecule has 128 valence electrons. The van der Waals surface area contributed by atoms with E-state index in [-0.39, 0.29) is 12.5 Å². The molecule has 0 aromatic heterocycles. The Labute approximate surface area is 144 Å². The molecule has 0 saturated heterocycles. The first-order valence-electron chi connectivity index (χ1n) is 8.24. The fraction of sp³-hybridized carbons (Fsp3) is 0.350. The van der Waals surface area contributed by atoms with Crippen molar-refractivity contribution in [1.29, 1.82) is 0 Å². The SMILES string of the molecule is CCOCCOCC(=O)N(C)Cc1ccc(-c2ccccc2)cc1. The molecule has 0 radical (unpaired) electrons. The van der Waals surface area contributed by atoms with Gasteiger partial charge < -0.3 is 14.4 Å². The molecule has 1 amide bonds. The fourth-order valence-corrected chi connectivity index (χ4v) is 2.33. The minimum Gasteiger partial charge on any atom is -0.379 e. The molecule has 2 aromatic rings. The predicted octanol–water partition coefficient (Wildman–Crippen LogP) is 3.37. The van der Waals surface area contributed by atoms with Crippen LogP contribution in [0.5, 0.6) is 0 Å². The Balaban J connectivity index is 1.81. The zero-order valence-electron chi connectivity index (χ0n) is 14.4. The van der Waals surface area contributed by atoms with Crippen molar-refractivity contribution in [2.75, 3.05) is 33.5 Å². The van der Waals surface area contributed by atoms with Crippen LogP contribution in [0.3, 0.4) is 0 Å². The molecular weight excluding hydrogens is 302 g/mol. The molecule has 0 aliphatic heterocycles. The number of benzene rings is 2. The third-order valence-corrected chi connectivity index (χ3v) is 3.71. The van der Waals surface area contributed by atoms with Crippen LogP contribution in [0.25, 0.3) is 11.1 Å². The number of hydrogen-bond donors (Lipinski definition) is 0. The summed E-state index contributed by atoms with van der Waals surface area (Å²) in [5.74, 6) is -0.0290. The van der Waals surface area contributed by atoms with Crippen LogP contribution in [-0.4, -0.2) is 44.3 Å². The molecule has 4 heteroatoms. The number of carbonyl (C=O) groups excluding carboxylic acids is 1. The number of rotatable bonds is 9. The van der Waals surface area contributed by atoms with E-state index in [2.05, 4.69) is 36.4 Å². The second-order valence-electron chi connectivity index (χ2n) is 5.56. The molecule has 0 fully saturated rings. The van der Waals surface area contributed by atoms with Crippen LogP contribution in [0.15, 0.2) is 54.6 Å². The van der Waals surface area contributed by atoms with Gasteiger partial charge in [-0.25, -0.2) is 0 Å². The summed E-state index contributed by atoms with van der Waals surface area (Å²) in [7, 11) is 1.79. The first-order valence-corrected chi connectivity index (χ1v) is 8.24. The van der Waals surface area contributed by atoms with E-state index in [1.54, 1.807) is 11.9 Å². The van der Waals surface area contributed by atoms with E-state index in [1.807, 2.05) is 25.1 Å². The lowest BCUT2D eigenvalue weighted by Crippen LogP contribution is -2.30. The van der Waals surface area contributed by atoms with Crippen molar-refractivity contribution >= 4 is 5.91 Å². The lowest BCUT2D eigenvalue weighted by molar-refractivity contribution is -0.135. The van der Waals surface area contributed by atoms with Crippen LogP contribution in [0.1, 0.15) is 12.5 Å². The van der Waals surface area contributed by atoms with Crippen molar-refractivity contribution in [2.45, 2.75) is 13.5 Å². The van der Waals surface area contributed by atoms with Crippen LogP contribution in [0.2, 0.25) is 0 Å². The Kier molecular flexibility index (Phi) is 7.46. The van der Waals surface area contributed by atoms with Gasteiger partial charge in [0.1, 0.15) is 6.61 Å². The molecule has 4 nitrogen and oxygen atoms in total. The molecule has 0 N–H and O–H groups in total. The van der Waals surface area contributed by atoms with Gasteiger partial charge in [0.2, 0.25) is 5.91 Å². The minimum atomic E-state index is -0.0290. The summed E-state index contributed by atoms with van der Waals surface area (Å²) >= 11 is 0. The van der Waals surface area contributed by atoms with Gasteiger partial charge in [0.05, 0.1) is 13.2 Å². The standard InChI is InChI=1S/C20H25NO3/c1-3-23-13-14-24-16-20(22)21(2)15-17-9-11-19(12-10-17)18-7-5-4-6-8-18/h4-12H,3,13-16H2,1-2H3. The van der Waals surface area contributed by atoms with Crippen molar-refractivity contribution in [1.82, 2.24) is 4.90 Å². The van der Waals surface area contributed by atoms with E-state index in [0.717, 1.165) is 5.56 Å². The van der Waals surface area contributed by atoms with Crippen molar-refractivity contribution in [3.05, 3.63) is 60.2 Å². The largest absolute Gasteiger partial charge is 0.379 e. The highest BCUT2D eigenvalue weighted by Crippen LogP contribution is 2.19. The number of carbonyl (C=O) groups is 1. The monoisotopic (exact) mass is 327 g/mol. The van der Waals surface area contributed by atoms with Gasteiger partial charge in [0, 0.05) is 20.2 Å². The second-order valence-corrected chi connectivity index (χ2v) is 5.56. The van der Waals surface area contributed by atoms with Gasteiger partial charge in [-0.05, 0) is 23.6 Å². The zero-order chi connectivity index (χ0) is 17.2. The van der Waals surface area contributed by atoms with Crippen molar-refractivity contribution in [3.8, 4) is 11.1 Å². The number of hydrogen-bond acceptors (Lipinski definition) is 3. The van der Waals surface area contributed by atoms with Crippen LogP contribution in [0, 0.1) is 0 Å². The maximum absolute atomic E-state index is 12.0. The first kappa shape index (κ1) is 18.2. The van der Waals surface area contributed by atoms with Crippen LogP contribution >= 0.6 is 0 Å². The number of nitrogens with zero attached hydrogens (tertiary/aromatic N) is 1. The summed E-state index contributed by atoms with van der Waals surface area (Å²) in [6, 6.07) is 18.5. The quantitative estimate of drug-likeness (QED) is 0.663. The van der Waals surface area contributed by atoms with Gasteiger partial charge in [-0.3, -0.25) is 4.79 Å². The molecule has 0 atom stereocenters. The normalized spacial score (nSPS) is 10.6. The second kappa shape index (κ2) is 9.85. The third kappa shape index (κ3) is 5.80. The highest BCUT2D eigenvalue weighted by molar-refractivity contribution is 5.77. The predicted molar refractivity (Wildman–Crippen MR) is 95.7 cm³/mol. The Bertz CT molecular complexity index is 611. The average molecular weight is 327 g/mol. The first-order chi connectivity index (χ1) is 11.7. The molecule has 2 rings (SSSR count). The van der Waals surface area contributed by atoms with Gasteiger partial charge in [0.15, 0.2) is 0 Å². The number of likely N-dealkylation sites (N-methyl/N-ethyl adjacent to an activating group) is 1. The summed E-state index contributed by atoms with van der Waals surface area (Å²) in [5, 5.41) is 0. The van der Waals surface area contributed by atoms with Crippen LogP contribution in [-0.2, 0) is 20.8 Å². The maximum Gasteiger partial charge on any atom is 0.248 e. The van der Waals surface area contributed by atoms with Crippen LogP contribution in [0.4, 0.5) is 0 Å². The lowest BCUT2D eigenvalue weighted by Gasteiger charge is -2.17. The lowest BCUT2D eigenvalue weighted by atomic mass is 10.0. The fourth-order valence-electron chi connectivity index (χ4n) is 2.33. The highest BCUT2D eigenvalue weighted by Gasteiger charge is 2.09. The number of amides is 1. The Morgan fingerprint density at radius 3 is 2.21 bits per heavy atom. The van der Waals surface area contributed by atoms with E-state index in [1.165, 1.54) is 11.1 Å². The Morgan fingerprint density at radius 2 is 1.54 bits per heavy atom. The van der Waals surface area contributed by atoms with Gasteiger partial charge in [-0.15, -0.1) is 0 Å². The third-order valence-electron chi connectivity index (χ3n) is 3.71. The van der Waals surface area contributed by atoms with Crippen LogP contribution < -0.4 is 0 Å². The van der Waals surface area contributed by atoms with E-state index >= 15 is 0 Å². The van der Waals surface area contributed by atoms with E-state index in [0.29, 0.717) is 26.4 Å². The smallest absolute Gasteiger partial charge is 0.248 e. The summed E-state index contributed by atoms with van der Waals surface area (Å²) < 4.78 is 10.5.